The minimum Gasteiger partial charge on any atom is -0.353 e. The third-order valence-electron chi connectivity index (χ3n) is 5.78. The van der Waals surface area contributed by atoms with Crippen molar-refractivity contribution in [2.45, 2.75) is 5.54 Å². The van der Waals surface area contributed by atoms with Crippen LogP contribution >= 0.6 is 0 Å². The maximum Gasteiger partial charge on any atom is 0.326 e. The molecule has 0 aromatic heterocycles. The van der Waals surface area contributed by atoms with Crippen molar-refractivity contribution in [3.8, 4) is 0 Å². The predicted molar refractivity (Wildman–Crippen MR) is 116 cm³/mol. The molecule has 2 saturated heterocycles. The molecule has 0 atom stereocenters. The van der Waals surface area contributed by atoms with Crippen LogP contribution in [0.5, 0.6) is 0 Å². The van der Waals surface area contributed by atoms with E-state index in [0.29, 0.717) is 17.7 Å². The molecule has 2 aliphatic rings. The lowest BCUT2D eigenvalue weighted by molar-refractivity contribution is -0.134. The molecule has 8 heteroatoms. The van der Waals surface area contributed by atoms with Crippen LogP contribution in [-0.2, 0) is 15.1 Å². The second-order valence-corrected chi connectivity index (χ2v) is 7.75. The summed E-state index contributed by atoms with van der Waals surface area (Å²) >= 11 is 0. The number of nitrogens with one attached hydrogen (secondary N) is 3. The molecule has 4 amide bonds. The van der Waals surface area contributed by atoms with Gasteiger partial charge < -0.3 is 16.0 Å². The Kier molecular flexibility index (Phi) is 6.29. The van der Waals surface area contributed by atoms with E-state index < -0.39 is 17.5 Å². The van der Waals surface area contributed by atoms with E-state index >= 15 is 0 Å². The first-order chi connectivity index (χ1) is 15.1. The molecular weight excluding hydrogens is 394 g/mol. The first-order valence-electron chi connectivity index (χ1n) is 10.6. The van der Waals surface area contributed by atoms with Gasteiger partial charge in [0, 0.05) is 39.3 Å². The summed E-state index contributed by atoms with van der Waals surface area (Å²) in [4.78, 5) is 42.1. The lowest BCUT2D eigenvalue weighted by Crippen LogP contribution is -2.48. The summed E-state index contributed by atoms with van der Waals surface area (Å²) in [6.07, 6.45) is 0. The van der Waals surface area contributed by atoms with E-state index in [-0.39, 0.29) is 12.5 Å². The van der Waals surface area contributed by atoms with Crippen molar-refractivity contribution in [3.05, 3.63) is 71.8 Å². The van der Waals surface area contributed by atoms with Crippen molar-refractivity contribution in [1.82, 2.24) is 25.8 Å². The van der Waals surface area contributed by atoms with Crippen LogP contribution in [0.2, 0.25) is 0 Å². The molecule has 8 nitrogen and oxygen atoms in total. The molecule has 0 aliphatic carbocycles. The standard InChI is InChI=1S/C23H27N5O3/c29-20(25-13-16-27-14-11-24-12-15-27)17-28-21(30)23(26-22(28)31,18-7-3-1-4-8-18)19-9-5-2-6-10-19/h1-10,24H,11-17H2,(H,25,29)(H,26,31). The summed E-state index contributed by atoms with van der Waals surface area (Å²) < 4.78 is 0. The van der Waals surface area contributed by atoms with Gasteiger partial charge in [0.05, 0.1) is 0 Å². The molecule has 0 unspecified atom stereocenters. The van der Waals surface area contributed by atoms with Gasteiger partial charge in [0.15, 0.2) is 5.54 Å². The molecule has 0 bridgehead atoms. The van der Waals surface area contributed by atoms with Crippen LogP contribution in [0.3, 0.4) is 0 Å². The molecule has 162 valence electrons. The van der Waals surface area contributed by atoms with E-state index in [4.69, 9.17) is 0 Å². The lowest BCUT2D eigenvalue weighted by atomic mass is 9.82. The Labute approximate surface area is 181 Å². The largest absolute Gasteiger partial charge is 0.353 e. The number of benzene rings is 2. The molecule has 2 fully saturated rings. The highest BCUT2D eigenvalue weighted by Gasteiger charge is 2.53. The van der Waals surface area contributed by atoms with Gasteiger partial charge in [-0.25, -0.2) is 4.79 Å². The van der Waals surface area contributed by atoms with Crippen molar-refractivity contribution in [1.29, 1.82) is 0 Å². The number of carbonyl (C=O) groups excluding carboxylic acids is 3. The smallest absolute Gasteiger partial charge is 0.326 e. The topological polar surface area (TPSA) is 93.8 Å². The average molecular weight is 422 g/mol. The Morgan fingerprint density at radius 3 is 2.10 bits per heavy atom. The van der Waals surface area contributed by atoms with Crippen LogP contribution in [0.15, 0.2) is 60.7 Å². The van der Waals surface area contributed by atoms with Crippen molar-refractivity contribution < 1.29 is 14.4 Å². The zero-order chi connectivity index (χ0) is 21.7. The summed E-state index contributed by atoms with van der Waals surface area (Å²) in [7, 11) is 0. The van der Waals surface area contributed by atoms with Gasteiger partial charge >= 0.3 is 6.03 Å². The number of hydrogen-bond donors (Lipinski definition) is 3. The van der Waals surface area contributed by atoms with Gasteiger partial charge in [0.25, 0.3) is 5.91 Å². The molecule has 0 spiro atoms. The molecular formula is C23H27N5O3. The second-order valence-electron chi connectivity index (χ2n) is 7.75. The maximum absolute atomic E-state index is 13.5. The Bertz CT molecular complexity index is 889. The van der Waals surface area contributed by atoms with Gasteiger partial charge in [-0.05, 0) is 11.1 Å². The van der Waals surface area contributed by atoms with E-state index in [0.717, 1.165) is 37.6 Å². The Morgan fingerprint density at radius 1 is 0.935 bits per heavy atom. The van der Waals surface area contributed by atoms with Crippen molar-refractivity contribution >= 4 is 17.8 Å². The molecule has 2 aliphatic heterocycles. The second kappa shape index (κ2) is 9.28. The Balaban J connectivity index is 1.48. The Hall–Kier alpha value is -3.23. The maximum atomic E-state index is 13.5. The highest BCUT2D eigenvalue weighted by atomic mass is 16.2. The highest BCUT2D eigenvalue weighted by molar-refractivity contribution is 6.11. The summed E-state index contributed by atoms with van der Waals surface area (Å²) in [5.74, 6) is -0.803. The average Bonchev–Trinajstić information content (AvgIpc) is 3.06. The number of carbonyl (C=O) groups is 3. The minimum atomic E-state index is -1.35. The highest BCUT2D eigenvalue weighted by Crippen LogP contribution is 2.35. The SMILES string of the molecule is O=C(CN1C(=O)NC(c2ccccc2)(c2ccccc2)C1=O)NCCN1CCNCC1. The van der Waals surface area contributed by atoms with Crippen LogP contribution in [0.4, 0.5) is 4.79 Å². The summed E-state index contributed by atoms with van der Waals surface area (Å²) in [6.45, 7) is 4.68. The number of imide groups is 1. The normalized spacial score (nSPS) is 18.6. The fourth-order valence-corrected chi connectivity index (χ4v) is 4.14. The molecule has 2 aromatic carbocycles. The number of urea groups is 1. The number of amides is 4. The van der Waals surface area contributed by atoms with Crippen molar-refractivity contribution in [2.75, 3.05) is 45.8 Å². The number of piperazine rings is 1. The van der Waals surface area contributed by atoms with Crippen LogP contribution < -0.4 is 16.0 Å². The molecule has 31 heavy (non-hydrogen) atoms. The third kappa shape index (κ3) is 4.30. The molecule has 2 aromatic rings. The van der Waals surface area contributed by atoms with Crippen LogP contribution in [0.25, 0.3) is 0 Å². The predicted octanol–water partition coefficient (Wildman–Crippen LogP) is 0.503. The lowest BCUT2D eigenvalue weighted by Gasteiger charge is -2.28. The fraction of sp³-hybridized carbons (Fsp3) is 0.348. The molecule has 3 N–H and O–H groups in total. The summed E-state index contributed by atoms with van der Waals surface area (Å²) in [5, 5.41) is 8.97. The molecule has 4 rings (SSSR count). The summed E-state index contributed by atoms with van der Waals surface area (Å²) in [5.41, 5.74) is -0.0388. The zero-order valence-electron chi connectivity index (χ0n) is 17.3. The van der Waals surface area contributed by atoms with Crippen LogP contribution in [0.1, 0.15) is 11.1 Å². The molecule has 0 saturated carbocycles. The number of rotatable bonds is 7. The van der Waals surface area contributed by atoms with Gasteiger partial charge in [-0.3, -0.25) is 19.4 Å². The van der Waals surface area contributed by atoms with E-state index in [9.17, 15) is 14.4 Å². The fourth-order valence-electron chi connectivity index (χ4n) is 4.14. The van der Waals surface area contributed by atoms with Crippen molar-refractivity contribution in [3.63, 3.8) is 0 Å². The van der Waals surface area contributed by atoms with E-state index in [1.165, 1.54) is 0 Å². The zero-order valence-corrected chi connectivity index (χ0v) is 17.3. The summed E-state index contributed by atoms with van der Waals surface area (Å²) in [6, 6.07) is 17.7. The monoisotopic (exact) mass is 421 g/mol. The van der Waals surface area contributed by atoms with E-state index in [1.54, 1.807) is 0 Å². The quantitative estimate of drug-likeness (QED) is 0.567. The van der Waals surface area contributed by atoms with Gasteiger partial charge in [-0.2, -0.15) is 0 Å². The molecule has 0 radical (unpaired) electrons. The van der Waals surface area contributed by atoms with Crippen LogP contribution in [0, 0.1) is 0 Å². The van der Waals surface area contributed by atoms with Gasteiger partial charge in [-0.1, -0.05) is 60.7 Å². The molecule has 2 heterocycles. The van der Waals surface area contributed by atoms with Crippen LogP contribution in [-0.4, -0.2) is 73.5 Å². The van der Waals surface area contributed by atoms with E-state index in [2.05, 4.69) is 20.9 Å². The minimum absolute atomic E-state index is 0.312. The Morgan fingerprint density at radius 2 is 1.52 bits per heavy atom. The van der Waals surface area contributed by atoms with Gasteiger partial charge in [0.2, 0.25) is 5.91 Å². The first kappa shape index (κ1) is 21.0. The number of hydrogen-bond acceptors (Lipinski definition) is 5. The number of nitrogens with zero attached hydrogens (tertiary/aromatic N) is 2. The van der Waals surface area contributed by atoms with E-state index in [1.807, 2.05) is 60.7 Å². The van der Waals surface area contributed by atoms with Crippen molar-refractivity contribution in [2.24, 2.45) is 0 Å². The van der Waals surface area contributed by atoms with Gasteiger partial charge in [0.1, 0.15) is 6.54 Å². The van der Waals surface area contributed by atoms with Gasteiger partial charge in [-0.15, -0.1) is 0 Å². The third-order valence-corrected chi connectivity index (χ3v) is 5.78. The first-order valence-corrected chi connectivity index (χ1v) is 10.6.